The summed E-state index contributed by atoms with van der Waals surface area (Å²) < 4.78 is 6.32. The smallest absolute Gasteiger partial charge is 0.192 e. The molecule has 0 aliphatic rings. The van der Waals surface area contributed by atoms with E-state index in [1.54, 1.807) is 24.5 Å². The summed E-state index contributed by atoms with van der Waals surface area (Å²) in [7, 11) is -1.78. The molecule has 0 spiro atoms. The van der Waals surface area contributed by atoms with Crippen LogP contribution in [-0.4, -0.2) is 18.3 Å². The molecule has 0 unspecified atom stereocenters. The minimum Gasteiger partial charge on any atom is -0.413 e. The molecule has 7 heteroatoms. The van der Waals surface area contributed by atoms with Gasteiger partial charge in [-0.3, -0.25) is 0 Å². The van der Waals surface area contributed by atoms with Crippen LogP contribution in [0, 0.1) is 11.8 Å². The fourth-order valence-corrected chi connectivity index (χ4v) is 3.73. The van der Waals surface area contributed by atoms with Crippen LogP contribution in [0.1, 0.15) is 37.5 Å². The van der Waals surface area contributed by atoms with Gasteiger partial charge in [-0.15, -0.1) is 0 Å². The van der Waals surface area contributed by atoms with Crippen molar-refractivity contribution in [3.63, 3.8) is 0 Å². The van der Waals surface area contributed by atoms with Crippen molar-refractivity contribution in [2.24, 2.45) is 0 Å². The maximum Gasteiger partial charge on any atom is 0.192 e. The van der Waals surface area contributed by atoms with E-state index in [4.69, 9.17) is 21.8 Å². The fourth-order valence-electron chi connectivity index (χ4n) is 2.61. The van der Waals surface area contributed by atoms with Crippen molar-refractivity contribution in [1.82, 2.24) is 9.97 Å². The van der Waals surface area contributed by atoms with Crippen molar-refractivity contribution in [2.45, 2.75) is 45.5 Å². The molecule has 0 atom stereocenters. The van der Waals surface area contributed by atoms with E-state index in [-0.39, 0.29) is 5.04 Å². The number of benzene rings is 1. The summed E-state index contributed by atoms with van der Waals surface area (Å²) in [4.78, 5) is 8.22. The highest BCUT2D eigenvalue weighted by atomic mass is 35.5. The third-order valence-electron chi connectivity index (χ3n) is 5.68. The van der Waals surface area contributed by atoms with E-state index >= 15 is 0 Å². The molecule has 2 aromatic heterocycles. The number of nitrogens with one attached hydrogen (secondary N) is 1. The Morgan fingerprint density at radius 3 is 2.41 bits per heavy atom. The van der Waals surface area contributed by atoms with Crippen molar-refractivity contribution >= 4 is 37.1 Å². The van der Waals surface area contributed by atoms with Gasteiger partial charge in [0.15, 0.2) is 8.32 Å². The average Bonchev–Trinajstić information content (AvgIpc) is 2.73. The van der Waals surface area contributed by atoms with Gasteiger partial charge in [-0.05, 0) is 48.0 Å². The van der Waals surface area contributed by atoms with Gasteiger partial charge in [-0.25, -0.2) is 9.97 Å². The maximum atomic E-state index is 6.32. The van der Waals surface area contributed by atoms with Crippen LogP contribution in [0.3, 0.4) is 0 Å². The van der Waals surface area contributed by atoms with E-state index < -0.39 is 8.32 Å². The number of nitrogen functional groups attached to an aromatic ring is 1. The molecule has 5 nitrogen and oxygen atoms in total. The highest BCUT2D eigenvalue weighted by molar-refractivity contribution is 6.74. The fraction of sp³-hybridized carbons (Fsp3) is 0.280. The summed E-state index contributed by atoms with van der Waals surface area (Å²) in [5.74, 6) is 6.56. The normalized spacial score (nSPS) is 11.6. The van der Waals surface area contributed by atoms with Crippen LogP contribution in [-0.2, 0) is 11.0 Å². The molecule has 3 rings (SSSR count). The summed E-state index contributed by atoms with van der Waals surface area (Å²) in [6.45, 7) is 11.9. The Kier molecular flexibility index (Phi) is 7.25. The minimum atomic E-state index is -1.78. The molecule has 0 saturated heterocycles. The van der Waals surface area contributed by atoms with Gasteiger partial charge < -0.3 is 15.5 Å². The Bertz CT molecular complexity index is 1150. The maximum absolute atomic E-state index is 6.32. The third kappa shape index (κ3) is 6.10. The van der Waals surface area contributed by atoms with Crippen LogP contribution < -0.4 is 11.1 Å². The summed E-state index contributed by atoms with van der Waals surface area (Å²) in [5, 5.41) is 3.96. The van der Waals surface area contributed by atoms with E-state index in [0.29, 0.717) is 28.7 Å². The molecular weight excluding hydrogens is 436 g/mol. The zero-order valence-electron chi connectivity index (χ0n) is 19.2. The van der Waals surface area contributed by atoms with Gasteiger partial charge in [0, 0.05) is 24.1 Å². The van der Waals surface area contributed by atoms with Gasteiger partial charge >= 0.3 is 0 Å². The molecule has 1 aromatic carbocycles. The van der Waals surface area contributed by atoms with Gasteiger partial charge in [0.25, 0.3) is 0 Å². The molecule has 0 aliphatic heterocycles. The molecular formula is C25H29ClN4OSi. The first-order chi connectivity index (χ1) is 15.0. The molecule has 0 aliphatic carbocycles. The Labute approximate surface area is 196 Å². The quantitative estimate of drug-likeness (QED) is 0.260. The third-order valence-corrected chi connectivity index (χ3v) is 10.4. The predicted molar refractivity (Wildman–Crippen MR) is 136 cm³/mol. The van der Waals surface area contributed by atoms with Crippen LogP contribution >= 0.6 is 11.6 Å². The zero-order chi connectivity index (χ0) is 23.4. The lowest BCUT2D eigenvalue weighted by molar-refractivity contribution is 0.276. The van der Waals surface area contributed by atoms with E-state index in [1.807, 2.05) is 18.2 Å². The predicted octanol–water partition coefficient (Wildman–Crippen LogP) is 6.38. The van der Waals surface area contributed by atoms with Gasteiger partial charge in [0.1, 0.15) is 11.0 Å². The summed E-state index contributed by atoms with van der Waals surface area (Å²) in [5.41, 5.74) is 10.1. The highest BCUT2D eigenvalue weighted by Crippen LogP contribution is 2.37. The Morgan fingerprint density at radius 1 is 1.06 bits per heavy atom. The summed E-state index contributed by atoms with van der Waals surface area (Å²) in [6, 6.07) is 13.6. The molecule has 3 N–H and O–H groups in total. The van der Waals surface area contributed by atoms with Crippen LogP contribution in [0.5, 0.6) is 0 Å². The lowest BCUT2D eigenvalue weighted by Crippen LogP contribution is -2.40. The topological polar surface area (TPSA) is 73.1 Å². The summed E-state index contributed by atoms with van der Waals surface area (Å²) >= 11 is 6.13. The van der Waals surface area contributed by atoms with Crippen molar-refractivity contribution in [3.05, 3.63) is 76.7 Å². The van der Waals surface area contributed by atoms with Crippen molar-refractivity contribution in [2.75, 3.05) is 11.1 Å². The molecule has 0 fully saturated rings. The molecule has 0 saturated carbocycles. The molecule has 2 heterocycles. The van der Waals surface area contributed by atoms with E-state index in [1.165, 1.54) is 0 Å². The number of rotatable bonds is 5. The Balaban J connectivity index is 1.75. The number of aromatic nitrogens is 2. The van der Waals surface area contributed by atoms with Gasteiger partial charge in [0.2, 0.25) is 0 Å². The molecule has 0 bridgehead atoms. The highest BCUT2D eigenvalue weighted by Gasteiger charge is 2.36. The van der Waals surface area contributed by atoms with E-state index in [0.717, 1.165) is 16.9 Å². The monoisotopic (exact) mass is 464 g/mol. The number of hydrogen-bond acceptors (Lipinski definition) is 5. The van der Waals surface area contributed by atoms with Crippen molar-refractivity contribution < 1.29 is 4.43 Å². The zero-order valence-corrected chi connectivity index (χ0v) is 20.9. The standard InChI is InChI=1S/C25H29ClN4OSi/c1-25(2,3)32(4,5)31-17-18-8-12-21(13-9-18)30-22-15-23(26)29-16-20(22)11-10-19-7-6-14-28-24(19)27/h6-9,12-16H,17H2,1-5H3,(H2,27,28)(H,29,30). The second-order valence-corrected chi connectivity index (χ2v) is 14.3. The van der Waals surface area contributed by atoms with Gasteiger partial charge in [-0.1, -0.05) is 56.3 Å². The van der Waals surface area contributed by atoms with E-state index in [9.17, 15) is 0 Å². The number of nitrogens with zero attached hydrogens (tertiary/aromatic N) is 2. The first-order valence-corrected chi connectivity index (χ1v) is 13.7. The molecule has 32 heavy (non-hydrogen) atoms. The minimum absolute atomic E-state index is 0.188. The Hall–Kier alpha value is -2.85. The van der Waals surface area contributed by atoms with Gasteiger partial charge in [0.05, 0.1) is 23.4 Å². The lowest BCUT2D eigenvalue weighted by atomic mass is 10.1. The first-order valence-electron chi connectivity index (χ1n) is 10.4. The average molecular weight is 465 g/mol. The number of halogens is 1. The second kappa shape index (κ2) is 9.74. The van der Waals surface area contributed by atoms with Crippen LogP contribution in [0.2, 0.25) is 23.3 Å². The number of nitrogens with two attached hydrogens (primary N) is 1. The lowest BCUT2D eigenvalue weighted by Gasteiger charge is -2.36. The molecule has 0 amide bonds. The number of hydrogen-bond donors (Lipinski definition) is 2. The molecule has 3 aromatic rings. The summed E-state index contributed by atoms with van der Waals surface area (Å²) in [6.07, 6.45) is 3.28. The molecule has 166 valence electrons. The van der Waals surface area contributed by atoms with Crippen LogP contribution in [0.15, 0.2) is 54.9 Å². The largest absolute Gasteiger partial charge is 0.413 e. The second-order valence-electron chi connectivity index (χ2n) is 9.11. The number of pyridine rings is 2. The molecule has 0 radical (unpaired) electrons. The van der Waals surface area contributed by atoms with Crippen LogP contribution in [0.4, 0.5) is 17.2 Å². The van der Waals surface area contributed by atoms with E-state index in [2.05, 4.69) is 73.1 Å². The SMILES string of the molecule is CC(C)(C)[Si](C)(C)OCc1ccc(Nc2cc(Cl)ncc2C#Cc2cccnc2N)cc1. The van der Waals surface area contributed by atoms with Gasteiger partial charge in [-0.2, -0.15) is 0 Å². The Morgan fingerprint density at radius 2 is 1.75 bits per heavy atom. The van der Waals surface area contributed by atoms with Crippen molar-refractivity contribution in [1.29, 1.82) is 0 Å². The first kappa shape index (κ1) is 23.8. The number of anilines is 3. The van der Waals surface area contributed by atoms with Crippen LogP contribution in [0.25, 0.3) is 0 Å². The van der Waals surface area contributed by atoms with Crippen molar-refractivity contribution in [3.8, 4) is 11.8 Å².